The summed E-state index contributed by atoms with van der Waals surface area (Å²) in [5.74, 6) is -0.129. The lowest BCUT2D eigenvalue weighted by molar-refractivity contribution is -0.193. The second-order valence-electron chi connectivity index (χ2n) is 16.6. The van der Waals surface area contributed by atoms with Crippen LogP contribution in [-0.2, 0) is 20.7 Å². The lowest BCUT2D eigenvalue weighted by atomic mass is 9.46. The number of ketones is 1. The Morgan fingerprint density at radius 3 is 2.55 bits per heavy atom. The summed E-state index contributed by atoms with van der Waals surface area (Å²) in [4.78, 5) is 13.9. The van der Waals surface area contributed by atoms with E-state index >= 15 is 0 Å². The zero-order chi connectivity index (χ0) is 33.8. The van der Waals surface area contributed by atoms with Gasteiger partial charge < -0.3 is 35.2 Å². The number of allylic oxidation sites excluding steroid dienone is 1. The zero-order valence-electron chi connectivity index (χ0n) is 29.2. The lowest BCUT2D eigenvalue weighted by Gasteiger charge is -2.60. The van der Waals surface area contributed by atoms with Crippen LogP contribution >= 0.6 is 0 Å². The van der Waals surface area contributed by atoms with E-state index < -0.39 is 34.9 Å². The van der Waals surface area contributed by atoms with E-state index in [9.17, 15) is 25.2 Å². The molecule has 8 nitrogen and oxygen atoms in total. The van der Waals surface area contributed by atoms with Crippen molar-refractivity contribution in [3.63, 3.8) is 0 Å². The van der Waals surface area contributed by atoms with Crippen molar-refractivity contribution in [2.45, 2.75) is 122 Å². The van der Waals surface area contributed by atoms with Crippen LogP contribution < -0.4 is 5.32 Å². The molecule has 13 atom stereocenters. The van der Waals surface area contributed by atoms with Gasteiger partial charge in [0.05, 0.1) is 42.7 Å². The van der Waals surface area contributed by atoms with Crippen LogP contribution in [0.4, 0.5) is 0 Å². The molecule has 6 rings (SSSR count). The topological polar surface area (TPSA) is 128 Å². The van der Waals surface area contributed by atoms with Gasteiger partial charge in [-0.05, 0) is 106 Å². The van der Waals surface area contributed by atoms with Crippen LogP contribution in [-0.4, -0.2) is 88.1 Å². The summed E-state index contributed by atoms with van der Waals surface area (Å²) in [6.07, 6.45) is 5.60. The molecule has 5 N–H and O–H groups in total. The van der Waals surface area contributed by atoms with Gasteiger partial charge in [0.1, 0.15) is 6.10 Å². The lowest BCUT2D eigenvalue weighted by Crippen LogP contribution is -2.63. The predicted molar refractivity (Wildman–Crippen MR) is 181 cm³/mol. The van der Waals surface area contributed by atoms with Gasteiger partial charge in [-0.3, -0.25) is 4.79 Å². The SMILES string of the molecule is C[C@H](O)CNC[C@H]1[C@@H]([C@@H](O)[C@@](C)(O)[C@@H]2CC[C@]3(O)C4=CC(=O)[C@H]5C[C@@H](OCCc6ccccc6)CC[C@]5(C)[C@@H]4CC[C@]23C)OC[C@H]1C. The van der Waals surface area contributed by atoms with E-state index in [2.05, 4.69) is 38.2 Å². The maximum Gasteiger partial charge on any atom is 0.159 e. The Morgan fingerprint density at radius 1 is 1.09 bits per heavy atom. The maximum absolute atomic E-state index is 13.9. The Hall–Kier alpha value is -1.65. The van der Waals surface area contributed by atoms with Crippen LogP contribution in [0.3, 0.4) is 0 Å². The van der Waals surface area contributed by atoms with Crippen molar-refractivity contribution in [2.75, 3.05) is 26.3 Å². The molecular weight excluding hydrogens is 594 g/mol. The summed E-state index contributed by atoms with van der Waals surface area (Å²) in [7, 11) is 0. The number of fused-ring (bicyclic) bond motifs is 5. The Kier molecular flexibility index (Phi) is 9.91. The fourth-order valence-electron chi connectivity index (χ4n) is 10.9. The summed E-state index contributed by atoms with van der Waals surface area (Å²) < 4.78 is 12.5. The smallest absolute Gasteiger partial charge is 0.159 e. The van der Waals surface area contributed by atoms with Crippen molar-refractivity contribution in [1.82, 2.24) is 5.32 Å². The molecule has 1 aromatic rings. The largest absolute Gasteiger partial charge is 0.392 e. The number of carbonyl (C=O) groups is 1. The fourth-order valence-corrected chi connectivity index (χ4v) is 10.9. The third-order valence-electron chi connectivity index (χ3n) is 13.8. The van der Waals surface area contributed by atoms with Crippen LogP contribution in [0.5, 0.6) is 0 Å². The van der Waals surface area contributed by atoms with Crippen LogP contribution in [0, 0.1) is 40.4 Å². The highest BCUT2D eigenvalue weighted by atomic mass is 16.5. The summed E-state index contributed by atoms with van der Waals surface area (Å²) in [6.45, 7) is 12.0. The van der Waals surface area contributed by atoms with Crippen molar-refractivity contribution in [1.29, 1.82) is 0 Å². The minimum Gasteiger partial charge on any atom is -0.392 e. The maximum atomic E-state index is 13.9. The number of hydrogen-bond donors (Lipinski definition) is 5. The molecule has 1 aliphatic heterocycles. The molecule has 5 aliphatic rings. The van der Waals surface area contributed by atoms with E-state index in [1.54, 1.807) is 19.9 Å². The molecule has 262 valence electrons. The molecule has 0 spiro atoms. The van der Waals surface area contributed by atoms with Gasteiger partial charge >= 0.3 is 0 Å². The first-order chi connectivity index (χ1) is 22.2. The standard InChI is InChI=1S/C39H59NO7/c1-24-23-47-34(28(24)22-40-21-25(2)41)35(43)38(5,44)33-13-17-39(45)30-20-32(42)31-19-27(46-18-14-26-9-7-6-8-10-26)11-15-36(31,3)29(30)12-16-37(33,39)4/h6-10,20,24-25,27-29,31,33-35,40-41,43-45H,11-19,21-23H2,1-5H3/t24-,25+,27+,28-,29-,31-,33-,34+,35-,36-,37-,38+,39+/m1/s1. The molecule has 4 aliphatic carbocycles. The van der Waals surface area contributed by atoms with E-state index in [4.69, 9.17) is 9.47 Å². The molecule has 47 heavy (non-hydrogen) atoms. The highest BCUT2D eigenvalue weighted by molar-refractivity contribution is 5.95. The normalized spacial score (nSPS) is 42.5. The number of benzene rings is 1. The molecule has 0 amide bonds. The molecule has 1 heterocycles. The zero-order valence-corrected chi connectivity index (χ0v) is 29.2. The number of aliphatic hydroxyl groups excluding tert-OH is 2. The predicted octanol–water partition coefficient (Wildman–Crippen LogP) is 4.22. The molecule has 1 aromatic carbocycles. The second-order valence-corrected chi connectivity index (χ2v) is 16.6. The average Bonchev–Trinajstić information content (AvgIpc) is 3.54. The highest BCUT2D eigenvalue weighted by Gasteiger charge is 2.69. The van der Waals surface area contributed by atoms with Gasteiger partial charge in [-0.15, -0.1) is 0 Å². The third kappa shape index (κ3) is 6.08. The van der Waals surface area contributed by atoms with Gasteiger partial charge in [0.2, 0.25) is 0 Å². The minimum absolute atomic E-state index is 0.0212. The van der Waals surface area contributed by atoms with Crippen molar-refractivity contribution in [3.05, 3.63) is 47.5 Å². The van der Waals surface area contributed by atoms with Crippen molar-refractivity contribution >= 4 is 5.78 Å². The Balaban J connectivity index is 1.17. The fraction of sp³-hybridized carbons (Fsp3) is 0.769. The molecular formula is C39H59NO7. The number of aliphatic hydroxyl groups is 4. The van der Waals surface area contributed by atoms with Gasteiger partial charge in [-0.25, -0.2) is 0 Å². The summed E-state index contributed by atoms with van der Waals surface area (Å²) >= 11 is 0. The van der Waals surface area contributed by atoms with E-state index in [1.165, 1.54) is 5.56 Å². The summed E-state index contributed by atoms with van der Waals surface area (Å²) in [6, 6.07) is 10.3. The minimum atomic E-state index is -1.51. The monoisotopic (exact) mass is 653 g/mol. The van der Waals surface area contributed by atoms with Gasteiger partial charge in [0.25, 0.3) is 0 Å². The third-order valence-corrected chi connectivity index (χ3v) is 13.8. The number of carbonyl (C=O) groups excluding carboxylic acids is 1. The van der Waals surface area contributed by atoms with Crippen LogP contribution in [0.15, 0.2) is 42.0 Å². The van der Waals surface area contributed by atoms with Gasteiger partial charge in [-0.1, -0.05) is 51.1 Å². The van der Waals surface area contributed by atoms with Crippen molar-refractivity contribution in [3.8, 4) is 0 Å². The summed E-state index contributed by atoms with van der Waals surface area (Å²) in [5.41, 5.74) is -1.56. The van der Waals surface area contributed by atoms with Gasteiger partial charge in [0.15, 0.2) is 5.78 Å². The Morgan fingerprint density at radius 2 is 1.83 bits per heavy atom. The van der Waals surface area contributed by atoms with Gasteiger partial charge in [-0.2, -0.15) is 0 Å². The van der Waals surface area contributed by atoms with E-state index in [0.29, 0.717) is 45.6 Å². The number of ether oxygens (including phenoxy) is 2. The Labute approximate surface area is 281 Å². The van der Waals surface area contributed by atoms with E-state index in [0.717, 1.165) is 37.7 Å². The molecule has 0 aromatic heterocycles. The van der Waals surface area contributed by atoms with E-state index in [1.807, 2.05) is 18.2 Å². The quantitative estimate of drug-likeness (QED) is 0.240. The second kappa shape index (κ2) is 13.2. The first-order valence-electron chi connectivity index (χ1n) is 18.3. The van der Waals surface area contributed by atoms with Crippen molar-refractivity contribution < 1.29 is 34.7 Å². The molecule has 0 radical (unpaired) electrons. The van der Waals surface area contributed by atoms with Crippen molar-refractivity contribution in [2.24, 2.45) is 40.4 Å². The Bertz CT molecular complexity index is 1300. The summed E-state index contributed by atoms with van der Waals surface area (Å²) in [5, 5.41) is 49.8. The van der Waals surface area contributed by atoms with Crippen LogP contribution in [0.25, 0.3) is 0 Å². The first kappa shape index (κ1) is 35.2. The number of rotatable bonds is 11. The molecule has 8 heteroatoms. The highest BCUT2D eigenvalue weighted by Crippen LogP contribution is 2.68. The molecule has 4 fully saturated rings. The molecule has 1 saturated heterocycles. The molecule has 0 bridgehead atoms. The van der Waals surface area contributed by atoms with Gasteiger partial charge in [0, 0.05) is 30.3 Å². The van der Waals surface area contributed by atoms with E-state index in [-0.39, 0.29) is 46.9 Å². The van der Waals surface area contributed by atoms with Crippen LogP contribution in [0.2, 0.25) is 0 Å². The number of hydrogen-bond acceptors (Lipinski definition) is 8. The van der Waals surface area contributed by atoms with Crippen LogP contribution in [0.1, 0.15) is 85.1 Å². The first-order valence-corrected chi connectivity index (χ1v) is 18.3. The average molecular weight is 654 g/mol. The molecule has 0 unspecified atom stereocenters. The molecule has 3 saturated carbocycles. The number of nitrogens with one attached hydrogen (secondary N) is 1.